The van der Waals surface area contributed by atoms with Gasteiger partial charge in [0.1, 0.15) is 5.76 Å². The lowest BCUT2D eigenvalue weighted by atomic mass is 10.00. The largest absolute Gasteiger partial charge is 0.361 e. The van der Waals surface area contributed by atoms with E-state index in [1.807, 2.05) is 27.7 Å². The summed E-state index contributed by atoms with van der Waals surface area (Å²) < 4.78 is 5.08. The van der Waals surface area contributed by atoms with Gasteiger partial charge in [-0.25, -0.2) is 0 Å². The summed E-state index contributed by atoms with van der Waals surface area (Å²) in [7, 11) is 1.79. The normalized spacial score (nSPS) is 11.7. The monoisotopic (exact) mass is 253 g/mol. The number of amides is 1. The summed E-state index contributed by atoms with van der Waals surface area (Å²) in [5.74, 6) is 0.861. The van der Waals surface area contributed by atoms with Crippen molar-refractivity contribution in [2.75, 3.05) is 7.05 Å². The van der Waals surface area contributed by atoms with Crippen LogP contribution in [0.25, 0.3) is 0 Å². The van der Waals surface area contributed by atoms with E-state index in [0.29, 0.717) is 19.4 Å². The summed E-state index contributed by atoms with van der Waals surface area (Å²) in [6.07, 6.45) is 1.14. The first-order valence-electron chi connectivity index (χ1n) is 6.15. The molecule has 1 aromatic rings. The molecule has 0 saturated heterocycles. The Morgan fingerprint density at radius 3 is 2.50 bits per heavy atom. The van der Waals surface area contributed by atoms with Gasteiger partial charge in [-0.15, -0.1) is 0 Å². The second-order valence-electron chi connectivity index (χ2n) is 5.54. The number of carbonyl (C=O) groups is 1. The summed E-state index contributed by atoms with van der Waals surface area (Å²) >= 11 is 0. The van der Waals surface area contributed by atoms with Crippen molar-refractivity contribution in [2.24, 2.45) is 5.73 Å². The van der Waals surface area contributed by atoms with Crippen molar-refractivity contribution < 1.29 is 9.32 Å². The Hall–Kier alpha value is -1.36. The minimum Gasteiger partial charge on any atom is -0.361 e. The van der Waals surface area contributed by atoms with Crippen LogP contribution in [0.1, 0.15) is 43.7 Å². The zero-order valence-electron chi connectivity index (χ0n) is 11.9. The molecule has 18 heavy (non-hydrogen) atoms. The number of hydrogen-bond donors (Lipinski definition) is 1. The Morgan fingerprint density at radius 1 is 1.44 bits per heavy atom. The first-order chi connectivity index (χ1) is 8.20. The van der Waals surface area contributed by atoms with E-state index in [4.69, 9.17) is 10.3 Å². The number of nitrogens with zero attached hydrogens (tertiary/aromatic N) is 2. The first-order valence-corrected chi connectivity index (χ1v) is 6.15. The van der Waals surface area contributed by atoms with Crippen LogP contribution in [0.2, 0.25) is 0 Å². The fourth-order valence-electron chi connectivity index (χ4n) is 1.67. The first kappa shape index (κ1) is 14.7. The third-order valence-corrected chi connectivity index (χ3v) is 2.99. The zero-order chi connectivity index (χ0) is 13.9. The third-order valence-electron chi connectivity index (χ3n) is 2.99. The van der Waals surface area contributed by atoms with E-state index >= 15 is 0 Å². The van der Waals surface area contributed by atoms with Crippen LogP contribution in [0.15, 0.2) is 4.52 Å². The van der Waals surface area contributed by atoms with Crippen LogP contribution in [-0.2, 0) is 11.3 Å². The van der Waals surface area contributed by atoms with Crippen molar-refractivity contribution in [2.45, 2.75) is 52.6 Å². The smallest absolute Gasteiger partial charge is 0.222 e. The van der Waals surface area contributed by atoms with E-state index < -0.39 is 0 Å². The molecule has 0 aliphatic rings. The molecule has 1 amide bonds. The Balaban J connectivity index is 2.55. The minimum absolute atomic E-state index is 0.0912. The molecular formula is C13H23N3O2. The van der Waals surface area contributed by atoms with Gasteiger partial charge in [-0.2, -0.15) is 0 Å². The van der Waals surface area contributed by atoms with Crippen molar-refractivity contribution in [1.29, 1.82) is 0 Å². The zero-order valence-corrected chi connectivity index (χ0v) is 11.9. The fraction of sp³-hybridized carbons (Fsp3) is 0.692. The molecule has 0 radical (unpaired) electrons. The van der Waals surface area contributed by atoms with Gasteiger partial charge in [0.05, 0.1) is 12.2 Å². The van der Waals surface area contributed by atoms with E-state index in [2.05, 4.69) is 5.16 Å². The van der Waals surface area contributed by atoms with Gasteiger partial charge in [-0.1, -0.05) is 5.16 Å². The molecule has 5 heteroatoms. The summed E-state index contributed by atoms with van der Waals surface area (Å²) in [5, 5.41) is 3.88. The maximum atomic E-state index is 12.0. The second-order valence-corrected chi connectivity index (χ2v) is 5.54. The molecule has 1 rings (SSSR count). The van der Waals surface area contributed by atoms with Gasteiger partial charge in [0.15, 0.2) is 0 Å². The maximum Gasteiger partial charge on any atom is 0.222 e. The van der Waals surface area contributed by atoms with E-state index in [0.717, 1.165) is 17.0 Å². The Kier molecular flexibility index (Phi) is 4.51. The Labute approximate surface area is 108 Å². The Morgan fingerprint density at radius 2 is 2.06 bits per heavy atom. The third kappa shape index (κ3) is 4.14. The molecular weight excluding hydrogens is 230 g/mol. The maximum absolute atomic E-state index is 12.0. The molecule has 0 aliphatic heterocycles. The second kappa shape index (κ2) is 5.52. The highest BCUT2D eigenvalue weighted by atomic mass is 16.5. The summed E-state index contributed by atoms with van der Waals surface area (Å²) in [4.78, 5) is 13.7. The molecule has 0 aromatic carbocycles. The molecule has 1 heterocycles. The average molecular weight is 253 g/mol. The van der Waals surface area contributed by atoms with Crippen molar-refractivity contribution in [1.82, 2.24) is 10.1 Å². The van der Waals surface area contributed by atoms with Crippen LogP contribution >= 0.6 is 0 Å². The lowest BCUT2D eigenvalue weighted by molar-refractivity contribution is -0.130. The van der Waals surface area contributed by atoms with Gasteiger partial charge < -0.3 is 15.2 Å². The van der Waals surface area contributed by atoms with Crippen LogP contribution in [0, 0.1) is 13.8 Å². The molecule has 2 N–H and O–H groups in total. The molecule has 0 bridgehead atoms. The van der Waals surface area contributed by atoms with Gasteiger partial charge in [0, 0.05) is 24.6 Å². The summed E-state index contributed by atoms with van der Waals surface area (Å²) in [6.45, 7) is 8.12. The summed E-state index contributed by atoms with van der Waals surface area (Å²) in [6, 6.07) is 0. The van der Waals surface area contributed by atoms with Crippen molar-refractivity contribution >= 4 is 5.91 Å². The molecule has 0 saturated carbocycles. The SMILES string of the molecule is Cc1noc(C)c1CN(C)C(=O)CCC(C)(C)N. The van der Waals surface area contributed by atoms with E-state index in [-0.39, 0.29) is 11.4 Å². The standard InChI is InChI=1S/C13H23N3O2/c1-9-11(10(2)18-15-9)8-16(5)12(17)6-7-13(3,4)14/h6-8,14H2,1-5H3. The van der Waals surface area contributed by atoms with E-state index in [1.165, 1.54) is 0 Å². The van der Waals surface area contributed by atoms with E-state index in [1.54, 1.807) is 11.9 Å². The number of aryl methyl sites for hydroxylation is 2. The predicted molar refractivity (Wildman–Crippen MR) is 70.0 cm³/mol. The molecule has 0 unspecified atom stereocenters. The highest BCUT2D eigenvalue weighted by Gasteiger charge is 2.18. The number of nitrogens with two attached hydrogens (primary N) is 1. The number of hydrogen-bond acceptors (Lipinski definition) is 4. The number of carbonyl (C=O) groups excluding carboxylic acids is 1. The summed E-state index contributed by atoms with van der Waals surface area (Å²) in [5.41, 5.74) is 7.39. The van der Waals surface area contributed by atoms with Crippen LogP contribution in [0.5, 0.6) is 0 Å². The quantitative estimate of drug-likeness (QED) is 0.868. The molecule has 0 atom stereocenters. The lowest BCUT2D eigenvalue weighted by Crippen LogP contribution is -2.35. The van der Waals surface area contributed by atoms with Crippen molar-refractivity contribution in [3.63, 3.8) is 0 Å². The highest BCUT2D eigenvalue weighted by Crippen LogP contribution is 2.15. The minimum atomic E-state index is -0.306. The molecule has 102 valence electrons. The van der Waals surface area contributed by atoms with Gasteiger partial charge in [0.2, 0.25) is 5.91 Å². The van der Waals surface area contributed by atoms with Gasteiger partial charge in [0.25, 0.3) is 0 Å². The highest BCUT2D eigenvalue weighted by molar-refractivity contribution is 5.76. The van der Waals surface area contributed by atoms with Gasteiger partial charge in [-0.05, 0) is 34.1 Å². The average Bonchev–Trinajstić information content (AvgIpc) is 2.56. The molecule has 0 fully saturated rings. The van der Waals surface area contributed by atoms with Crippen molar-refractivity contribution in [3.05, 3.63) is 17.0 Å². The van der Waals surface area contributed by atoms with Crippen molar-refractivity contribution in [3.8, 4) is 0 Å². The number of rotatable bonds is 5. The molecule has 5 nitrogen and oxygen atoms in total. The Bertz CT molecular complexity index is 399. The van der Waals surface area contributed by atoms with Gasteiger partial charge >= 0.3 is 0 Å². The van der Waals surface area contributed by atoms with Crippen LogP contribution in [0.3, 0.4) is 0 Å². The lowest BCUT2D eigenvalue weighted by Gasteiger charge is -2.21. The van der Waals surface area contributed by atoms with Gasteiger partial charge in [-0.3, -0.25) is 4.79 Å². The molecule has 0 spiro atoms. The van der Waals surface area contributed by atoms with Crippen LogP contribution in [0.4, 0.5) is 0 Å². The van der Waals surface area contributed by atoms with Crippen LogP contribution in [-0.4, -0.2) is 28.6 Å². The fourth-order valence-corrected chi connectivity index (χ4v) is 1.67. The number of aromatic nitrogens is 1. The van der Waals surface area contributed by atoms with Crippen LogP contribution < -0.4 is 5.73 Å². The molecule has 1 aromatic heterocycles. The predicted octanol–water partition coefficient (Wildman–Crippen LogP) is 1.77. The van der Waals surface area contributed by atoms with E-state index in [9.17, 15) is 4.79 Å². The topological polar surface area (TPSA) is 72.4 Å². The molecule has 0 aliphatic carbocycles.